The van der Waals surface area contributed by atoms with Crippen LogP contribution in [0.3, 0.4) is 0 Å². The number of nitrogens with one attached hydrogen (secondary N) is 1. The summed E-state index contributed by atoms with van der Waals surface area (Å²) < 4.78 is 26.2. The van der Waals surface area contributed by atoms with Gasteiger partial charge in [0, 0.05) is 24.2 Å². The van der Waals surface area contributed by atoms with Crippen LogP contribution in [-0.2, 0) is 21.2 Å². The fourth-order valence-corrected chi connectivity index (χ4v) is 4.08. The van der Waals surface area contributed by atoms with E-state index in [1.54, 1.807) is 23.1 Å². The van der Waals surface area contributed by atoms with Crippen molar-refractivity contribution in [2.45, 2.75) is 36.6 Å². The van der Waals surface area contributed by atoms with Crippen molar-refractivity contribution in [1.29, 1.82) is 0 Å². The van der Waals surface area contributed by atoms with Gasteiger partial charge in [0.15, 0.2) is 0 Å². The summed E-state index contributed by atoms with van der Waals surface area (Å²) in [5, 5.41) is 0. The van der Waals surface area contributed by atoms with E-state index in [0.717, 1.165) is 36.9 Å². The van der Waals surface area contributed by atoms with Gasteiger partial charge in [-0.15, -0.1) is 0 Å². The van der Waals surface area contributed by atoms with Gasteiger partial charge in [-0.2, -0.15) is 0 Å². The van der Waals surface area contributed by atoms with Crippen LogP contribution >= 0.6 is 0 Å². The van der Waals surface area contributed by atoms with E-state index in [4.69, 9.17) is 5.73 Å². The minimum absolute atomic E-state index is 0.0366. The van der Waals surface area contributed by atoms with Crippen LogP contribution in [0.2, 0.25) is 0 Å². The van der Waals surface area contributed by atoms with Crippen LogP contribution < -0.4 is 15.4 Å². The standard InChI is InChI=1S/C15H21N3O3S/c1-17-22(20,21)13-5-3-10-6-7-18(14(10)9-13)15(19)11-2-4-12(16)8-11/h3,5,9,11-12,17H,2,4,6-8,16H2,1H3/t11-,12-/m1/s1. The molecule has 22 heavy (non-hydrogen) atoms. The van der Waals surface area contributed by atoms with Gasteiger partial charge in [-0.05, 0) is 50.4 Å². The van der Waals surface area contributed by atoms with Gasteiger partial charge in [-0.1, -0.05) is 6.07 Å². The molecule has 2 atom stereocenters. The van der Waals surface area contributed by atoms with Gasteiger partial charge in [0.2, 0.25) is 15.9 Å². The molecule has 1 aliphatic carbocycles. The molecule has 1 heterocycles. The van der Waals surface area contributed by atoms with E-state index in [-0.39, 0.29) is 22.8 Å². The molecule has 0 radical (unpaired) electrons. The van der Waals surface area contributed by atoms with Crippen molar-refractivity contribution >= 4 is 21.6 Å². The second kappa shape index (κ2) is 5.64. The van der Waals surface area contributed by atoms with Crippen LogP contribution in [0.15, 0.2) is 23.1 Å². The molecule has 7 heteroatoms. The molecule has 1 aromatic rings. The van der Waals surface area contributed by atoms with E-state index >= 15 is 0 Å². The number of rotatable bonds is 3. The molecule has 3 rings (SSSR count). The van der Waals surface area contributed by atoms with Gasteiger partial charge >= 0.3 is 0 Å². The summed E-state index contributed by atoms with van der Waals surface area (Å²) in [6, 6.07) is 5.09. The number of carbonyl (C=O) groups excluding carboxylic acids is 1. The van der Waals surface area contributed by atoms with E-state index in [1.807, 2.05) is 0 Å². The number of hydrogen-bond donors (Lipinski definition) is 2. The monoisotopic (exact) mass is 323 g/mol. The van der Waals surface area contributed by atoms with Crippen LogP contribution in [-0.4, -0.2) is 34.0 Å². The Hall–Kier alpha value is -1.44. The third-order valence-corrected chi connectivity index (χ3v) is 6.03. The summed E-state index contributed by atoms with van der Waals surface area (Å²) in [6.07, 6.45) is 3.19. The van der Waals surface area contributed by atoms with Crippen molar-refractivity contribution in [2.24, 2.45) is 11.7 Å². The van der Waals surface area contributed by atoms with Crippen LogP contribution in [0.1, 0.15) is 24.8 Å². The summed E-state index contributed by atoms with van der Waals surface area (Å²) in [7, 11) is -2.12. The Kier molecular flexibility index (Phi) is 3.96. The number of benzene rings is 1. The molecule has 0 saturated heterocycles. The third kappa shape index (κ3) is 2.64. The Bertz CT molecular complexity index is 702. The lowest BCUT2D eigenvalue weighted by molar-refractivity contribution is -0.122. The van der Waals surface area contributed by atoms with Crippen molar-refractivity contribution in [2.75, 3.05) is 18.5 Å². The molecule has 2 aliphatic rings. The van der Waals surface area contributed by atoms with E-state index in [2.05, 4.69) is 4.72 Å². The van der Waals surface area contributed by atoms with E-state index in [0.29, 0.717) is 6.54 Å². The van der Waals surface area contributed by atoms with E-state index in [9.17, 15) is 13.2 Å². The first kappa shape index (κ1) is 15.5. The quantitative estimate of drug-likeness (QED) is 0.852. The first-order valence-electron chi connectivity index (χ1n) is 7.56. The zero-order valence-electron chi connectivity index (χ0n) is 12.6. The number of fused-ring (bicyclic) bond motifs is 1. The van der Waals surface area contributed by atoms with Crippen LogP contribution in [0.5, 0.6) is 0 Å². The summed E-state index contributed by atoms with van der Waals surface area (Å²) in [4.78, 5) is 14.6. The van der Waals surface area contributed by atoms with Gasteiger partial charge in [0.1, 0.15) is 0 Å². The zero-order valence-corrected chi connectivity index (χ0v) is 13.4. The molecule has 0 aromatic heterocycles. The van der Waals surface area contributed by atoms with Crippen molar-refractivity contribution in [1.82, 2.24) is 4.72 Å². The van der Waals surface area contributed by atoms with Crippen molar-refractivity contribution in [3.63, 3.8) is 0 Å². The van der Waals surface area contributed by atoms with Gasteiger partial charge in [0.25, 0.3) is 0 Å². The molecule has 1 fully saturated rings. The van der Waals surface area contributed by atoms with Crippen LogP contribution in [0.4, 0.5) is 5.69 Å². The molecule has 1 saturated carbocycles. The average Bonchev–Trinajstić information content (AvgIpc) is 3.12. The number of carbonyl (C=O) groups is 1. The van der Waals surface area contributed by atoms with E-state index in [1.165, 1.54) is 7.05 Å². The number of anilines is 1. The fourth-order valence-electron chi connectivity index (χ4n) is 3.33. The molecule has 120 valence electrons. The highest BCUT2D eigenvalue weighted by molar-refractivity contribution is 7.89. The summed E-state index contributed by atoms with van der Waals surface area (Å²) in [5.41, 5.74) is 7.64. The molecule has 1 aromatic carbocycles. The maximum atomic E-state index is 12.7. The highest BCUT2D eigenvalue weighted by Crippen LogP contribution is 2.34. The molecular weight excluding hydrogens is 302 g/mol. The van der Waals surface area contributed by atoms with E-state index < -0.39 is 10.0 Å². The molecular formula is C15H21N3O3S. The smallest absolute Gasteiger partial charge is 0.240 e. The minimum atomic E-state index is -3.50. The Morgan fingerprint density at radius 2 is 2.14 bits per heavy atom. The topological polar surface area (TPSA) is 92.5 Å². The van der Waals surface area contributed by atoms with Crippen LogP contribution in [0.25, 0.3) is 0 Å². The van der Waals surface area contributed by atoms with Gasteiger partial charge < -0.3 is 10.6 Å². The molecule has 1 aliphatic heterocycles. The first-order chi connectivity index (χ1) is 10.4. The summed E-state index contributed by atoms with van der Waals surface area (Å²) in [5.74, 6) is 0.0382. The van der Waals surface area contributed by atoms with Crippen molar-refractivity contribution < 1.29 is 13.2 Å². The second-order valence-corrected chi connectivity index (χ2v) is 7.89. The molecule has 0 unspecified atom stereocenters. The Labute approximate surface area is 130 Å². The maximum Gasteiger partial charge on any atom is 0.240 e. The van der Waals surface area contributed by atoms with Crippen molar-refractivity contribution in [3.8, 4) is 0 Å². The zero-order chi connectivity index (χ0) is 15.9. The third-order valence-electron chi connectivity index (χ3n) is 4.62. The average molecular weight is 323 g/mol. The number of nitrogens with two attached hydrogens (primary N) is 1. The lowest BCUT2D eigenvalue weighted by Gasteiger charge is -2.21. The minimum Gasteiger partial charge on any atom is -0.328 e. The molecule has 3 N–H and O–H groups in total. The summed E-state index contributed by atoms with van der Waals surface area (Å²) >= 11 is 0. The number of nitrogens with zero attached hydrogens (tertiary/aromatic N) is 1. The van der Waals surface area contributed by atoms with Gasteiger partial charge in [-0.25, -0.2) is 13.1 Å². The number of sulfonamides is 1. The Morgan fingerprint density at radius 1 is 1.36 bits per heavy atom. The highest BCUT2D eigenvalue weighted by Gasteiger charge is 2.34. The number of hydrogen-bond acceptors (Lipinski definition) is 4. The van der Waals surface area contributed by atoms with Gasteiger partial charge in [0.05, 0.1) is 4.90 Å². The van der Waals surface area contributed by atoms with Crippen LogP contribution in [0, 0.1) is 5.92 Å². The second-order valence-electron chi connectivity index (χ2n) is 6.01. The first-order valence-corrected chi connectivity index (χ1v) is 9.04. The largest absolute Gasteiger partial charge is 0.328 e. The lowest BCUT2D eigenvalue weighted by Crippen LogP contribution is -2.34. The fraction of sp³-hybridized carbons (Fsp3) is 0.533. The Balaban J connectivity index is 1.90. The molecule has 0 spiro atoms. The van der Waals surface area contributed by atoms with Crippen molar-refractivity contribution in [3.05, 3.63) is 23.8 Å². The predicted octanol–water partition coefficient (Wildman–Crippen LogP) is 0.611. The molecule has 6 nitrogen and oxygen atoms in total. The SMILES string of the molecule is CNS(=O)(=O)c1ccc2c(c1)N(C(=O)[C@@H]1CC[C@@H](N)C1)CC2. The molecule has 1 amide bonds. The molecule has 0 bridgehead atoms. The highest BCUT2D eigenvalue weighted by atomic mass is 32.2. The summed E-state index contributed by atoms with van der Waals surface area (Å²) in [6.45, 7) is 0.614. The van der Waals surface area contributed by atoms with Gasteiger partial charge in [-0.3, -0.25) is 4.79 Å². The number of amides is 1. The maximum absolute atomic E-state index is 12.7. The predicted molar refractivity (Wildman–Crippen MR) is 84.1 cm³/mol. The Morgan fingerprint density at radius 3 is 2.77 bits per heavy atom. The lowest BCUT2D eigenvalue weighted by atomic mass is 10.1. The normalized spacial score (nSPS) is 24.5.